The molecule has 0 aliphatic heterocycles. The summed E-state index contributed by atoms with van der Waals surface area (Å²) in [5.41, 5.74) is 0. The van der Waals surface area contributed by atoms with E-state index in [0.29, 0.717) is 12.3 Å². The van der Waals surface area contributed by atoms with Crippen molar-refractivity contribution in [3.63, 3.8) is 0 Å². The maximum absolute atomic E-state index is 11.1. The second-order valence-corrected chi connectivity index (χ2v) is 3.24. The van der Waals surface area contributed by atoms with Gasteiger partial charge in [-0.2, -0.15) is 0 Å². The van der Waals surface area contributed by atoms with Gasteiger partial charge in [-0.1, -0.05) is 13.8 Å². The molecule has 0 aromatic rings. The number of nitrogens with two attached hydrogens (primary N) is 1. The number of aliphatic hydroxyl groups excluding tert-OH is 1. The number of carbonyl (C=O) groups excluding carboxylic acids is 1. The predicted molar refractivity (Wildman–Crippen MR) is 47.1 cm³/mol. The minimum Gasteiger partial charge on any atom is -0.394 e. The second-order valence-electron chi connectivity index (χ2n) is 3.24. The summed E-state index contributed by atoms with van der Waals surface area (Å²) in [4.78, 5) is 11.1. The maximum atomic E-state index is 11.1. The van der Waals surface area contributed by atoms with Crippen LogP contribution in [0.3, 0.4) is 0 Å². The molecule has 0 saturated carbocycles. The van der Waals surface area contributed by atoms with Crippen LogP contribution in [0.15, 0.2) is 0 Å². The van der Waals surface area contributed by atoms with Crippen molar-refractivity contribution in [1.82, 2.24) is 5.01 Å². The van der Waals surface area contributed by atoms with E-state index in [4.69, 9.17) is 10.9 Å². The van der Waals surface area contributed by atoms with Crippen molar-refractivity contribution in [3.8, 4) is 0 Å². The zero-order valence-electron chi connectivity index (χ0n) is 7.79. The fraction of sp³-hybridized carbons (Fsp3) is 0.875. The summed E-state index contributed by atoms with van der Waals surface area (Å²) < 4.78 is 0. The molecule has 0 aromatic heterocycles. The lowest BCUT2D eigenvalue weighted by Gasteiger charge is -2.15. The van der Waals surface area contributed by atoms with Crippen LogP contribution in [0.5, 0.6) is 0 Å². The Bertz CT molecular complexity index is 137. The summed E-state index contributed by atoms with van der Waals surface area (Å²) in [7, 11) is 0. The highest BCUT2D eigenvalue weighted by Crippen LogP contribution is 2.04. The second kappa shape index (κ2) is 5.97. The summed E-state index contributed by atoms with van der Waals surface area (Å²) in [6, 6.07) is 0. The third kappa shape index (κ3) is 5.09. The predicted octanol–water partition coefficient (Wildman–Crippen LogP) is 0.117. The lowest BCUT2D eigenvalue weighted by molar-refractivity contribution is -0.132. The van der Waals surface area contributed by atoms with E-state index in [2.05, 4.69) is 13.8 Å². The molecule has 0 rings (SSSR count). The highest BCUT2D eigenvalue weighted by Gasteiger charge is 2.08. The Hall–Kier alpha value is -0.610. The fourth-order valence-corrected chi connectivity index (χ4v) is 0.788. The quantitative estimate of drug-likeness (QED) is 0.353. The molecule has 0 fully saturated rings. The van der Waals surface area contributed by atoms with Gasteiger partial charge in [0.05, 0.1) is 13.2 Å². The lowest BCUT2D eigenvalue weighted by Crippen LogP contribution is -2.39. The SMILES string of the molecule is CC(C)CCC(=O)N(N)CCO. The molecule has 0 bridgehead atoms. The molecule has 1 amide bonds. The molecule has 3 N–H and O–H groups in total. The molecule has 12 heavy (non-hydrogen) atoms. The van der Waals surface area contributed by atoms with Gasteiger partial charge >= 0.3 is 0 Å². The zero-order valence-corrected chi connectivity index (χ0v) is 7.79. The van der Waals surface area contributed by atoms with Crippen molar-refractivity contribution in [3.05, 3.63) is 0 Å². The lowest BCUT2D eigenvalue weighted by atomic mass is 10.1. The molecular weight excluding hydrogens is 156 g/mol. The van der Waals surface area contributed by atoms with Crippen LogP contribution in [0.1, 0.15) is 26.7 Å². The van der Waals surface area contributed by atoms with E-state index in [0.717, 1.165) is 11.4 Å². The largest absolute Gasteiger partial charge is 0.394 e. The number of aliphatic hydroxyl groups is 1. The van der Waals surface area contributed by atoms with Gasteiger partial charge in [0, 0.05) is 6.42 Å². The number of hydrogen-bond acceptors (Lipinski definition) is 3. The molecular formula is C8H18N2O2. The van der Waals surface area contributed by atoms with Gasteiger partial charge < -0.3 is 5.11 Å². The Morgan fingerprint density at radius 1 is 1.58 bits per heavy atom. The van der Waals surface area contributed by atoms with Crippen LogP contribution in [0, 0.1) is 5.92 Å². The first kappa shape index (κ1) is 11.4. The first-order valence-corrected chi connectivity index (χ1v) is 4.23. The number of hydrogen-bond donors (Lipinski definition) is 2. The standard InChI is InChI=1S/C8H18N2O2/c1-7(2)3-4-8(12)10(9)5-6-11/h7,11H,3-6,9H2,1-2H3. The summed E-state index contributed by atoms with van der Waals surface area (Å²) >= 11 is 0. The van der Waals surface area contributed by atoms with E-state index in [-0.39, 0.29) is 19.1 Å². The van der Waals surface area contributed by atoms with Gasteiger partial charge in [-0.05, 0) is 12.3 Å². The van der Waals surface area contributed by atoms with Crippen LogP contribution in [0.2, 0.25) is 0 Å². The van der Waals surface area contributed by atoms with Crippen LogP contribution >= 0.6 is 0 Å². The van der Waals surface area contributed by atoms with Crippen molar-refractivity contribution < 1.29 is 9.90 Å². The Morgan fingerprint density at radius 2 is 2.17 bits per heavy atom. The number of carbonyl (C=O) groups is 1. The summed E-state index contributed by atoms with van der Waals surface area (Å²) in [5.74, 6) is 5.75. The third-order valence-electron chi connectivity index (χ3n) is 1.60. The molecule has 0 atom stereocenters. The summed E-state index contributed by atoms with van der Waals surface area (Å²) in [6.07, 6.45) is 1.31. The fourth-order valence-electron chi connectivity index (χ4n) is 0.788. The zero-order chi connectivity index (χ0) is 9.56. The number of hydrazine groups is 1. The molecule has 4 heteroatoms. The van der Waals surface area contributed by atoms with Crippen molar-refractivity contribution in [2.45, 2.75) is 26.7 Å². The number of nitrogens with zero attached hydrogens (tertiary/aromatic N) is 1. The number of amides is 1. The van der Waals surface area contributed by atoms with Crippen molar-refractivity contribution in [1.29, 1.82) is 0 Å². The summed E-state index contributed by atoms with van der Waals surface area (Å²) in [5, 5.41) is 9.56. The van der Waals surface area contributed by atoms with Gasteiger partial charge in [0.25, 0.3) is 0 Å². The topological polar surface area (TPSA) is 66.6 Å². The van der Waals surface area contributed by atoms with Gasteiger partial charge in [-0.3, -0.25) is 9.80 Å². The van der Waals surface area contributed by atoms with Crippen LogP contribution in [-0.4, -0.2) is 29.2 Å². The molecule has 0 saturated heterocycles. The Morgan fingerprint density at radius 3 is 2.58 bits per heavy atom. The van der Waals surface area contributed by atoms with Crippen molar-refractivity contribution >= 4 is 5.91 Å². The molecule has 4 nitrogen and oxygen atoms in total. The van der Waals surface area contributed by atoms with E-state index in [1.807, 2.05) is 0 Å². The Kier molecular flexibility index (Phi) is 5.66. The molecule has 0 radical (unpaired) electrons. The van der Waals surface area contributed by atoms with E-state index in [9.17, 15) is 4.79 Å². The van der Waals surface area contributed by atoms with E-state index in [1.165, 1.54) is 0 Å². The minimum absolute atomic E-state index is 0.0794. The first-order chi connectivity index (χ1) is 5.57. The third-order valence-corrected chi connectivity index (χ3v) is 1.60. The van der Waals surface area contributed by atoms with Crippen molar-refractivity contribution in [2.24, 2.45) is 11.8 Å². The smallest absolute Gasteiger partial charge is 0.236 e. The monoisotopic (exact) mass is 174 g/mol. The van der Waals surface area contributed by atoms with E-state index < -0.39 is 0 Å². The normalized spacial score (nSPS) is 10.4. The highest BCUT2D eigenvalue weighted by molar-refractivity contribution is 5.75. The Labute approximate surface area is 73.3 Å². The average Bonchev–Trinajstić information content (AvgIpc) is 2.00. The van der Waals surface area contributed by atoms with Crippen LogP contribution in [-0.2, 0) is 4.79 Å². The minimum atomic E-state index is -0.0993. The van der Waals surface area contributed by atoms with E-state index >= 15 is 0 Å². The van der Waals surface area contributed by atoms with Gasteiger partial charge in [-0.15, -0.1) is 0 Å². The van der Waals surface area contributed by atoms with Gasteiger partial charge in [-0.25, -0.2) is 5.84 Å². The molecule has 0 aromatic carbocycles. The first-order valence-electron chi connectivity index (χ1n) is 4.23. The van der Waals surface area contributed by atoms with Crippen molar-refractivity contribution in [2.75, 3.05) is 13.2 Å². The van der Waals surface area contributed by atoms with Crippen LogP contribution in [0.25, 0.3) is 0 Å². The van der Waals surface area contributed by atoms with Gasteiger partial charge in [0.2, 0.25) is 5.91 Å². The molecule has 0 unspecified atom stereocenters. The van der Waals surface area contributed by atoms with Gasteiger partial charge in [0.15, 0.2) is 0 Å². The van der Waals surface area contributed by atoms with E-state index in [1.54, 1.807) is 0 Å². The molecule has 72 valence electrons. The highest BCUT2D eigenvalue weighted by atomic mass is 16.3. The average molecular weight is 174 g/mol. The molecule has 0 aliphatic rings. The van der Waals surface area contributed by atoms with Crippen LogP contribution in [0.4, 0.5) is 0 Å². The van der Waals surface area contributed by atoms with Crippen LogP contribution < -0.4 is 5.84 Å². The summed E-state index contributed by atoms with van der Waals surface area (Å²) in [6.45, 7) is 4.25. The number of rotatable bonds is 5. The maximum Gasteiger partial charge on any atom is 0.236 e. The van der Waals surface area contributed by atoms with Gasteiger partial charge in [0.1, 0.15) is 0 Å². The Balaban J connectivity index is 3.57. The molecule has 0 spiro atoms. The molecule has 0 aliphatic carbocycles. The molecule has 0 heterocycles.